The maximum atomic E-state index is 10.7. The molecule has 1 heterocycles. The third-order valence-corrected chi connectivity index (χ3v) is 4.12. The summed E-state index contributed by atoms with van der Waals surface area (Å²) >= 11 is 0. The largest absolute Gasteiger partial charge is 0.361 e. The van der Waals surface area contributed by atoms with Gasteiger partial charge in [0.15, 0.2) is 0 Å². The molecular weight excluding hydrogens is 326 g/mol. The Morgan fingerprint density at radius 2 is 1.36 bits per heavy atom. The van der Waals surface area contributed by atoms with E-state index in [9.17, 15) is 20.2 Å². The summed E-state index contributed by atoms with van der Waals surface area (Å²) in [7, 11) is 0. The van der Waals surface area contributed by atoms with Gasteiger partial charge in [0.05, 0.1) is 16.5 Å². The lowest BCUT2D eigenvalue weighted by Gasteiger charge is -2.12. The van der Waals surface area contributed by atoms with Crippen molar-refractivity contribution in [3.63, 3.8) is 0 Å². The van der Waals surface area contributed by atoms with Crippen LogP contribution in [-0.2, 0) is 17.6 Å². The predicted octanol–water partition coefficient (Wildman–Crippen LogP) is 2.60. The molecule has 1 aliphatic rings. The highest BCUT2D eigenvalue weighted by molar-refractivity contribution is 5.34. The zero-order chi connectivity index (χ0) is 17.8. The molecule has 2 aromatic rings. The van der Waals surface area contributed by atoms with Crippen LogP contribution in [0.4, 0.5) is 11.4 Å². The summed E-state index contributed by atoms with van der Waals surface area (Å²) in [6.07, 6.45) is 1.19. The number of hydrogen-bond donors (Lipinski definition) is 1. The Labute approximate surface area is 143 Å². The number of non-ortho nitro benzene ring substituents is 2. The Balaban J connectivity index is 1.53. The summed E-state index contributed by atoms with van der Waals surface area (Å²) in [4.78, 5) is 20.5. The van der Waals surface area contributed by atoms with Crippen LogP contribution in [0.15, 0.2) is 48.5 Å². The van der Waals surface area contributed by atoms with E-state index in [1.54, 1.807) is 24.3 Å². The molecule has 130 valence electrons. The number of nitrogens with zero attached hydrogens (tertiary/aromatic N) is 2. The van der Waals surface area contributed by atoms with E-state index in [-0.39, 0.29) is 23.6 Å². The summed E-state index contributed by atoms with van der Waals surface area (Å²) in [5, 5.41) is 24.7. The Hall–Kier alpha value is -2.84. The van der Waals surface area contributed by atoms with Gasteiger partial charge >= 0.3 is 0 Å². The third kappa shape index (κ3) is 4.37. The van der Waals surface area contributed by atoms with Crippen LogP contribution in [0.25, 0.3) is 0 Å². The lowest BCUT2D eigenvalue weighted by atomic mass is 10.1. The minimum absolute atomic E-state index is 0.0695. The van der Waals surface area contributed by atoms with Crippen LogP contribution in [0.1, 0.15) is 11.1 Å². The molecule has 1 fully saturated rings. The van der Waals surface area contributed by atoms with E-state index in [2.05, 4.69) is 5.32 Å². The molecule has 25 heavy (non-hydrogen) atoms. The molecule has 8 heteroatoms. The van der Waals surface area contributed by atoms with Gasteiger partial charge in [-0.15, -0.1) is 0 Å². The van der Waals surface area contributed by atoms with Crippen molar-refractivity contribution >= 4 is 11.4 Å². The van der Waals surface area contributed by atoms with Gasteiger partial charge < -0.3 is 4.74 Å². The van der Waals surface area contributed by atoms with Crippen LogP contribution in [0.2, 0.25) is 0 Å². The van der Waals surface area contributed by atoms with Crippen molar-refractivity contribution in [1.29, 1.82) is 0 Å². The third-order valence-electron chi connectivity index (χ3n) is 4.12. The van der Waals surface area contributed by atoms with Gasteiger partial charge in [0.2, 0.25) is 0 Å². The van der Waals surface area contributed by atoms with E-state index in [1.165, 1.54) is 24.3 Å². The van der Waals surface area contributed by atoms with Gasteiger partial charge in [-0.05, 0) is 17.5 Å². The predicted molar refractivity (Wildman–Crippen MR) is 90.3 cm³/mol. The number of benzene rings is 2. The molecule has 2 atom stereocenters. The monoisotopic (exact) mass is 343 g/mol. The summed E-state index contributed by atoms with van der Waals surface area (Å²) in [5.74, 6) is 0. The summed E-state index contributed by atoms with van der Waals surface area (Å²) in [5.41, 5.74) is 2.11. The van der Waals surface area contributed by atoms with Crippen molar-refractivity contribution in [2.24, 2.45) is 0 Å². The van der Waals surface area contributed by atoms with Crippen LogP contribution in [-0.4, -0.2) is 28.7 Å². The Morgan fingerprint density at radius 3 is 1.84 bits per heavy atom. The topological polar surface area (TPSA) is 108 Å². The molecule has 3 rings (SSSR count). The van der Waals surface area contributed by atoms with E-state index >= 15 is 0 Å². The first-order valence-electron chi connectivity index (χ1n) is 7.85. The van der Waals surface area contributed by atoms with Gasteiger partial charge in [-0.3, -0.25) is 25.5 Å². The van der Waals surface area contributed by atoms with Crippen molar-refractivity contribution in [2.45, 2.75) is 25.1 Å². The van der Waals surface area contributed by atoms with Crippen molar-refractivity contribution in [3.05, 3.63) is 79.9 Å². The highest BCUT2D eigenvalue weighted by Crippen LogP contribution is 2.18. The highest BCUT2D eigenvalue weighted by atomic mass is 16.6. The van der Waals surface area contributed by atoms with Gasteiger partial charge in [0.1, 0.15) is 6.23 Å². The second-order valence-corrected chi connectivity index (χ2v) is 5.94. The van der Waals surface area contributed by atoms with Crippen molar-refractivity contribution in [2.75, 3.05) is 6.61 Å². The molecule has 1 saturated heterocycles. The van der Waals surface area contributed by atoms with Crippen molar-refractivity contribution < 1.29 is 14.6 Å². The minimum atomic E-state index is -0.422. The minimum Gasteiger partial charge on any atom is -0.361 e. The zero-order valence-electron chi connectivity index (χ0n) is 13.3. The van der Waals surface area contributed by atoms with Crippen LogP contribution < -0.4 is 5.32 Å². The van der Waals surface area contributed by atoms with Crippen molar-refractivity contribution in [3.8, 4) is 0 Å². The standard InChI is InChI=1S/C17H17N3O5/c21-19(22)15-5-1-12(2-6-15)9-14-11-25-17(18-14)10-13-3-7-16(8-4-13)20(23)24/h1-8,14,17-18H,9-11H2/t14-,17+/m0/s1. The van der Waals surface area contributed by atoms with Crippen LogP contribution in [0.5, 0.6) is 0 Å². The fraction of sp³-hybridized carbons (Fsp3) is 0.294. The molecule has 8 nitrogen and oxygen atoms in total. The van der Waals surface area contributed by atoms with E-state index < -0.39 is 9.85 Å². The molecule has 0 aliphatic carbocycles. The molecule has 1 N–H and O–H groups in total. The molecule has 0 aromatic heterocycles. The SMILES string of the molecule is O=[N+]([O-])c1ccc(C[C@H]2CO[C@H](Cc3ccc([N+](=O)[O-])cc3)N2)cc1. The number of nitrogens with one attached hydrogen (secondary N) is 1. The van der Waals surface area contributed by atoms with Gasteiger partial charge in [-0.2, -0.15) is 0 Å². The molecule has 0 unspecified atom stereocenters. The number of ether oxygens (including phenoxy) is 1. The maximum absolute atomic E-state index is 10.7. The molecule has 0 bridgehead atoms. The van der Waals surface area contributed by atoms with E-state index in [4.69, 9.17) is 4.74 Å². The van der Waals surface area contributed by atoms with Crippen molar-refractivity contribution in [1.82, 2.24) is 5.32 Å². The van der Waals surface area contributed by atoms with Crippen LogP contribution in [0, 0.1) is 20.2 Å². The van der Waals surface area contributed by atoms with Crippen LogP contribution >= 0.6 is 0 Å². The van der Waals surface area contributed by atoms with Gasteiger partial charge in [-0.1, -0.05) is 24.3 Å². The van der Waals surface area contributed by atoms with E-state index in [0.717, 1.165) is 17.5 Å². The van der Waals surface area contributed by atoms with Gasteiger partial charge in [0, 0.05) is 36.7 Å². The highest BCUT2D eigenvalue weighted by Gasteiger charge is 2.25. The first-order chi connectivity index (χ1) is 12.0. The summed E-state index contributed by atoms with van der Waals surface area (Å²) in [6.45, 7) is 0.550. The van der Waals surface area contributed by atoms with E-state index in [0.29, 0.717) is 13.0 Å². The first kappa shape index (κ1) is 17.0. The normalized spacial score (nSPS) is 19.7. The quantitative estimate of drug-likeness (QED) is 0.638. The van der Waals surface area contributed by atoms with Gasteiger partial charge in [-0.25, -0.2) is 0 Å². The summed E-state index contributed by atoms with van der Waals surface area (Å²) in [6, 6.07) is 13.1. The number of nitro benzene ring substituents is 2. The molecule has 0 amide bonds. The molecule has 0 saturated carbocycles. The Kier molecular flexibility index (Phi) is 5.01. The lowest BCUT2D eigenvalue weighted by Crippen LogP contribution is -2.33. The number of nitro groups is 2. The second-order valence-electron chi connectivity index (χ2n) is 5.94. The fourth-order valence-electron chi connectivity index (χ4n) is 2.83. The molecule has 0 spiro atoms. The average Bonchev–Trinajstić information content (AvgIpc) is 3.02. The Morgan fingerprint density at radius 1 is 0.880 bits per heavy atom. The second kappa shape index (κ2) is 7.37. The molecular formula is C17H17N3O5. The molecule has 2 aromatic carbocycles. The maximum Gasteiger partial charge on any atom is 0.269 e. The molecule has 1 aliphatic heterocycles. The smallest absolute Gasteiger partial charge is 0.269 e. The number of hydrogen-bond acceptors (Lipinski definition) is 6. The molecule has 0 radical (unpaired) electrons. The summed E-state index contributed by atoms with van der Waals surface area (Å²) < 4.78 is 5.73. The fourth-order valence-corrected chi connectivity index (χ4v) is 2.83. The first-order valence-corrected chi connectivity index (χ1v) is 7.85. The lowest BCUT2D eigenvalue weighted by molar-refractivity contribution is -0.385. The number of rotatable bonds is 6. The van der Waals surface area contributed by atoms with Gasteiger partial charge in [0.25, 0.3) is 11.4 Å². The van der Waals surface area contributed by atoms with E-state index in [1.807, 2.05) is 0 Å². The average molecular weight is 343 g/mol. The Bertz CT molecular complexity index is 695. The van der Waals surface area contributed by atoms with Crippen LogP contribution in [0.3, 0.4) is 0 Å². The zero-order valence-corrected chi connectivity index (χ0v) is 13.3.